The summed E-state index contributed by atoms with van der Waals surface area (Å²) in [6, 6.07) is 8.40. The second-order valence-corrected chi connectivity index (χ2v) is 7.67. The minimum Gasteiger partial charge on any atom is -0.397 e. The molecule has 6 nitrogen and oxygen atoms in total. The van der Waals surface area contributed by atoms with Crippen LogP contribution in [0.15, 0.2) is 36.5 Å². The lowest BCUT2D eigenvalue weighted by Crippen LogP contribution is -2.25. The van der Waals surface area contributed by atoms with E-state index in [2.05, 4.69) is 24.1 Å². The number of carbonyl (C=O) groups is 2. The summed E-state index contributed by atoms with van der Waals surface area (Å²) in [7, 11) is 0. The fourth-order valence-corrected chi connectivity index (χ4v) is 3.72. The molecule has 2 amide bonds. The molecule has 2 heterocycles. The minimum absolute atomic E-state index is 0.0839. The Kier molecular flexibility index (Phi) is 5.65. The van der Waals surface area contributed by atoms with Gasteiger partial charge in [0.1, 0.15) is 0 Å². The molecule has 1 fully saturated rings. The van der Waals surface area contributed by atoms with Gasteiger partial charge in [0, 0.05) is 24.8 Å². The van der Waals surface area contributed by atoms with Gasteiger partial charge in [0.25, 0.3) is 5.91 Å². The predicted octanol–water partition coefficient (Wildman–Crippen LogP) is 3.97. The van der Waals surface area contributed by atoms with Crippen molar-refractivity contribution >= 4 is 40.5 Å². The van der Waals surface area contributed by atoms with Gasteiger partial charge in [-0.3, -0.25) is 9.59 Å². The Balaban J connectivity index is 1.74. The van der Waals surface area contributed by atoms with Crippen molar-refractivity contribution in [2.75, 3.05) is 22.5 Å². The van der Waals surface area contributed by atoms with Crippen molar-refractivity contribution in [3.63, 3.8) is 0 Å². The first-order valence-electron chi connectivity index (χ1n) is 8.97. The second kappa shape index (κ2) is 7.96. The molecule has 3 N–H and O–H groups in total. The second-order valence-electron chi connectivity index (χ2n) is 7.27. The molecule has 27 heavy (non-hydrogen) atoms. The van der Waals surface area contributed by atoms with E-state index in [1.165, 1.54) is 6.20 Å². The Morgan fingerprint density at radius 2 is 2.19 bits per heavy atom. The van der Waals surface area contributed by atoms with Crippen LogP contribution in [-0.2, 0) is 4.79 Å². The van der Waals surface area contributed by atoms with Crippen LogP contribution >= 0.6 is 11.6 Å². The summed E-state index contributed by atoms with van der Waals surface area (Å²) in [5.41, 5.74) is 7.43. The van der Waals surface area contributed by atoms with E-state index in [4.69, 9.17) is 17.3 Å². The van der Waals surface area contributed by atoms with Crippen molar-refractivity contribution in [1.29, 1.82) is 0 Å². The first-order chi connectivity index (χ1) is 12.8. The van der Waals surface area contributed by atoms with Crippen molar-refractivity contribution in [2.24, 2.45) is 11.8 Å². The summed E-state index contributed by atoms with van der Waals surface area (Å²) >= 11 is 6.40. The zero-order valence-electron chi connectivity index (χ0n) is 15.4. The molecule has 1 aliphatic heterocycles. The maximum atomic E-state index is 12.4. The third-order valence-electron chi connectivity index (χ3n) is 4.56. The standard InChI is InChI=1S/C20H23ClN4O2/c1-12(2)8-13-9-18(26)25(11-13)17-6-5-14(10-15(17)21)24-20(27)19-16(22)4-3-7-23-19/h3-7,10,12-13H,8-9,11,22H2,1-2H3,(H,24,27). The molecule has 0 radical (unpaired) electrons. The van der Waals surface area contributed by atoms with Crippen LogP contribution in [0.5, 0.6) is 0 Å². The van der Waals surface area contributed by atoms with Crippen LogP contribution in [-0.4, -0.2) is 23.3 Å². The number of carbonyl (C=O) groups excluding carboxylic acids is 2. The lowest BCUT2D eigenvalue weighted by Gasteiger charge is -2.19. The topological polar surface area (TPSA) is 88.3 Å². The number of amides is 2. The highest BCUT2D eigenvalue weighted by Gasteiger charge is 2.32. The highest BCUT2D eigenvalue weighted by Crippen LogP contribution is 2.35. The van der Waals surface area contributed by atoms with Gasteiger partial charge in [0.2, 0.25) is 5.91 Å². The summed E-state index contributed by atoms with van der Waals surface area (Å²) in [6.45, 7) is 4.99. The monoisotopic (exact) mass is 386 g/mol. The van der Waals surface area contributed by atoms with E-state index in [1.807, 2.05) is 0 Å². The summed E-state index contributed by atoms with van der Waals surface area (Å²) in [5.74, 6) is 0.571. The summed E-state index contributed by atoms with van der Waals surface area (Å²) in [6.07, 6.45) is 3.07. The van der Waals surface area contributed by atoms with Gasteiger partial charge in [-0.15, -0.1) is 0 Å². The highest BCUT2D eigenvalue weighted by molar-refractivity contribution is 6.34. The molecule has 0 spiro atoms. The normalized spacial score (nSPS) is 16.8. The van der Waals surface area contributed by atoms with E-state index in [0.717, 1.165) is 6.42 Å². The van der Waals surface area contributed by atoms with Crippen LogP contribution in [0.25, 0.3) is 0 Å². The van der Waals surface area contributed by atoms with Crippen molar-refractivity contribution in [3.8, 4) is 0 Å². The molecule has 1 aromatic carbocycles. The van der Waals surface area contributed by atoms with Crippen LogP contribution in [0.1, 0.15) is 37.2 Å². The Hall–Kier alpha value is -2.60. The average Bonchev–Trinajstić information content (AvgIpc) is 2.94. The van der Waals surface area contributed by atoms with Gasteiger partial charge in [-0.25, -0.2) is 4.98 Å². The van der Waals surface area contributed by atoms with Crippen molar-refractivity contribution in [3.05, 3.63) is 47.2 Å². The number of nitrogens with zero attached hydrogens (tertiary/aromatic N) is 2. The summed E-state index contributed by atoms with van der Waals surface area (Å²) in [5, 5.41) is 3.15. The summed E-state index contributed by atoms with van der Waals surface area (Å²) < 4.78 is 0. The van der Waals surface area contributed by atoms with Crippen LogP contribution in [0, 0.1) is 11.8 Å². The van der Waals surface area contributed by atoms with Gasteiger partial charge in [0.05, 0.1) is 16.4 Å². The number of nitrogens with one attached hydrogen (secondary N) is 1. The zero-order valence-corrected chi connectivity index (χ0v) is 16.2. The maximum absolute atomic E-state index is 12.4. The third-order valence-corrected chi connectivity index (χ3v) is 4.86. The molecule has 0 saturated carbocycles. The Morgan fingerprint density at radius 3 is 2.85 bits per heavy atom. The van der Waals surface area contributed by atoms with Gasteiger partial charge in [-0.1, -0.05) is 25.4 Å². The van der Waals surface area contributed by atoms with E-state index in [1.54, 1.807) is 35.2 Å². The van der Waals surface area contributed by atoms with Crippen molar-refractivity contribution in [2.45, 2.75) is 26.7 Å². The lowest BCUT2D eigenvalue weighted by molar-refractivity contribution is -0.117. The molecule has 1 saturated heterocycles. The molecule has 2 aromatic rings. The fraction of sp³-hybridized carbons (Fsp3) is 0.350. The molecular weight excluding hydrogens is 364 g/mol. The Bertz CT molecular complexity index is 869. The molecular formula is C20H23ClN4O2. The number of aromatic nitrogens is 1. The molecule has 142 valence electrons. The number of pyridine rings is 1. The fourth-order valence-electron chi connectivity index (χ4n) is 3.44. The average molecular weight is 387 g/mol. The van der Waals surface area contributed by atoms with E-state index in [0.29, 0.717) is 46.9 Å². The van der Waals surface area contributed by atoms with Gasteiger partial charge in [0.15, 0.2) is 5.69 Å². The van der Waals surface area contributed by atoms with E-state index in [-0.39, 0.29) is 11.6 Å². The van der Waals surface area contributed by atoms with Crippen LogP contribution in [0.4, 0.5) is 17.1 Å². The quantitative estimate of drug-likeness (QED) is 0.813. The van der Waals surface area contributed by atoms with E-state index < -0.39 is 5.91 Å². The minimum atomic E-state index is -0.411. The van der Waals surface area contributed by atoms with Crippen molar-refractivity contribution in [1.82, 2.24) is 4.98 Å². The number of halogens is 1. The van der Waals surface area contributed by atoms with Crippen molar-refractivity contribution < 1.29 is 9.59 Å². The van der Waals surface area contributed by atoms with Gasteiger partial charge >= 0.3 is 0 Å². The van der Waals surface area contributed by atoms with Gasteiger partial charge in [-0.05, 0) is 48.6 Å². The van der Waals surface area contributed by atoms with Crippen LogP contribution < -0.4 is 16.0 Å². The summed E-state index contributed by atoms with van der Waals surface area (Å²) in [4.78, 5) is 30.4. The molecule has 0 aliphatic carbocycles. The smallest absolute Gasteiger partial charge is 0.276 e. The van der Waals surface area contributed by atoms with Gasteiger partial charge in [-0.2, -0.15) is 0 Å². The van der Waals surface area contributed by atoms with E-state index >= 15 is 0 Å². The largest absolute Gasteiger partial charge is 0.397 e. The molecule has 0 bridgehead atoms. The first-order valence-corrected chi connectivity index (χ1v) is 9.34. The number of rotatable bonds is 5. The molecule has 1 aromatic heterocycles. The first kappa shape index (κ1) is 19.2. The molecule has 7 heteroatoms. The number of nitrogens with two attached hydrogens (primary N) is 1. The highest BCUT2D eigenvalue weighted by atomic mass is 35.5. The predicted molar refractivity (Wildman–Crippen MR) is 108 cm³/mol. The Morgan fingerprint density at radius 1 is 1.41 bits per heavy atom. The number of benzene rings is 1. The molecule has 1 unspecified atom stereocenters. The maximum Gasteiger partial charge on any atom is 0.276 e. The molecule has 1 aliphatic rings. The van der Waals surface area contributed by atoms with Crippen LogP contribution in [0.2, 0.25) is 5.02 Å². The molecule has 1 atom stereocenters. The van der Waals surface area contributed by atoms with Gasteiger partial charge < -0.3 is 16.0 Å². The lowest BCUT2D eigenvalue weighted by atomic mass is 9.96. The zero-order chi connectivity index (χ0) is 19.6. The number of hydrogen-bond acceptors (Lipinski definition) is 4. The Labute approximate surface area is 163 Å². The molecule has 3 rings (SSSR count). The van der Waals surface area contributed by atoms with E-state index in [9.17, 15) is 9.59 Å². The third kappa shape index (κ3) is 4.39. The number of hydrogen-bond donors (Lipinski definition) is 2. The van der Waals surface area contributed by atoms with Crippen LogP contribution in [0.3, 0.4) is 0 Å². The number of nitrogen functional groups attached to an aromatic ring is 1. The SMILES string of the molecule is CC(C)CC1CC(=O)N(c2ccc(NC(=O)c3ncccc3N)cc2Cl)C1. The number of anilines is 3.